The Morgan fingerprint density at radius 1 is 1.17 bits per heavy atom. The van der Waals surface area contributed by atoms with Crippen LogP contribution in [-0.2, 0) is 6.42 Å². The summed E-state index contributed by atoms with van der Waals surface area (Å²) < 4.78 is 13.9. The molecule has 2 aromatic carbocycles. The Labute approximate surface area is 198 Å². The molecule has 1 heterocycles. The van der Waals surface area contributed by atoms with Gasteiger partial charge in [0.25, 0.3) is 0 Å². The maximum atomic E-state index is 13.5. The molecule has 0 fully saturated rings. The standard InChI is InChI=1S/C23H25I2NO3/c1-3-5-9-20-21(16-8-6-7-10-19(16)29-20)22(27)14-11-17(24)23(18(25)12-14)28-15(4-2)13-26/h6-8,10-12,15H,3-5,9,13,26H2,1-2H3. The third kappa shape index (κ3) is 4.96. The average Bonchev–Trinajstić information content (AvgIpc) is 3.09. The van der Waals surface area contributed by atoms with Gasteiger partial charge >= 0.3 is 0 Å². The summed E-state index contributed by atoms with van der Waals surface area (Å²) in [6.45, 7) is 4.65. The third-order valence-electron chi connectivity index (χ3n) is 4.92. The molecule has 6 heteroatoms. The zero-order valence-electron chi connectivity index (χ0n) is 16.6. The van der Waals surface area contributed by atoms with Crippen LogP contribution in [0.4, 0.5) is 0 Å². The normalized spacial score (nSPS) is 12.3. The van der Waals surface area contributed by atoms with Crippen molar-refractivity contribution in [1.82, 2.24) is 0 Å². The third-order valence-corrected chi connectivity index (χ3v) is 6.52. The van der Waals surface area contributed by atoms with Gasteiger partial charge in [0, 0.05) is 23.9 Å². The van der Waals surface area contributed by atoms with E-state index in [0.29, 0.717) is 17.7 Å². The molecule has 0 bridgehead atoms. The lowest BCUT2D eigenvalue weighted by Gasteiger charge is -2.18. The van der Waals surface area contributed by atoms with Crippen molar-refractivity contribution in [1.29, 1.82) is 0 Å². The molecule has 4 nitrogen and oxygen atoms in total. The Hall–Kier alpha value is -1.13. The summed E-state index contributed by atoms with van der Waals surface area (Å²) >= 11 is 4.46. The zero-order chi connectivity index (χ0) is 21.0. The molecule has 0 aliphatic heterocycles. The number of unbranched alkanes of at least 4 members (excludes halogenated alkanes) is 1. The van der Waals surface area contributed by atoms with Crippen LogP contribution in [0.2, 0.25) is 0 Å². The summed E-state index contributed by atoms with van der Waals surface area (Å²) in [6.07, 6.45) is 3.60. The first-order valence-corrected chi connectivity index (χ1v) is 12.1. The highest BCUT2D eigenvalue weighted by Gasteiger charge is 2.23. The van der Waals surface area contributed by atoms with Gasteiger partial charge < -0.3 is 14.9 Å². The van der Waals surface area contributed by atoms with E-state index in [1.165, 1.54) is 0 Å². The van der Waals surface area contributed by atoms with E-state index in [4.69, 9.17) is 14.9 Å². The minimum Gasteiger partial charge on any atom is -0.487 e. The number of ketones is 1. The summed E-state index contributed by atoms with van der Waals surface area (Å²) in [4.78, 5) is 13.5. The van der Waals surface area contributed by atoms with Crippen LogP contribution in [0.1, 0.15) is 54.8 Å². The molecule has 29 heavy (non-hydrogen) atoms. The van der Waals surface area contributed by atoms with Crippen LogP contribution in [0.5, 0.6) is 5.75 Å². The first-order valence-electron chi connectivity index (χ1n) is 9.90. The zero-order valence-corrected chi connectivity index (χ0v) is 21.0. The molecule has 0 saturated heterocycles. The maximum absolute atomic E-state index is 13.5. The summed E-state index contributed by atoms with van der Waals surface area (Å²) in [6, 6.07) is 11.6. The van der Waals surface area contributed by atoms with Crippen molar-refractivity contribution in [3.05, 3.63) is 60.4 Å². The van der Waals surface area contributed by atoms with Crippen molar-refractivity contribution >= 4 is 61.9 Å². The van der Waals surface area contributed by atoms with Crippen LogP contribution < -0.4 is 10.5 Å². The molecule has 2 N–H and O–H groups in total. The number of fused-ring (bicyclic) bond motifs is 1. The maximum Gasteiger partial charge on any atom is 0.197 e. The van der Waals surface area contributed by atoms with Crippen LogP contribution in [0.15, 0.2) is 40.8 Å². The quantitative estimate of drug-likeness (QED) is 0.225. The van der Waals surface area contributed by atoms with E-state index in [0.717, 1.165) is 55.3 Å². The Morgan fingerprint density at radius 3 is 2.48 bits per heavy atom. The van der Waals surface area contributed by atoms with Crippen LogP contribution in [-0.4, -0.2) is 18.4 Å². The SMILES string of the molecule is CCCCc1oc2ccccc2c1C(=O)c1cc(I)c(OC(CC)CN)c(I)c1. The summed E-state index contributed by atoms with van der Waals surface area (Å²) in [5.74, 6) is 1.56. The van der Waals surface area contributed by atoms with E-state index in [-0.39, 0.29) is 11.9 Å². The van der Waals surface area contributed by atoms with Gasteiger partial charge in [-0.2, -0.15) is 0 Å². The van der Waals surface area contributed by atoms with Gasteiger partial charge in [-0.3, -0.25) is 4.79 Å². The molecular weight excluding hydrogens is 592 g/mol. The van der Waals surface area contributed by atoms with Gasteiger partial charge in [0.2, 0.25) is 0 Å². The van der Waals surface area contributed by atoms with E-state index >= 15 is 0 Å². The number of hydrogen-bond acceptors (Lipinski definition) is 4. The number of aryl methyl sites for hydroxylation is 1. The fourth-order valence-corrected chi connectivity index (χ4v) is 5.29. The van der Waals surface area contributed by atoms with Crippen molar-refractivity contribution in [2.45, 2.75) is 45.6 Å². The Morgan fingerprint density at radius 2 is 1.86 bits per heavy atom. The van der Waals surface area contributed by atoms with Crippen molar-refractivity contribution in [2.24, 2.45) is 5.73 Å². The topological polar surface area (TPSA) is 65.5 Å². The molecular formula is C23H25I2NO3. The van der Waals surface area contributed by atoms with Gasteiger partial charge in [0.05, 0.1) is 12.7 Å². The summed E-state index contributed by atoms with van der Waals surface area (Å²) in [7, 11) is 0. The van der Waals surface area contributed by atoms with Crippen LogP contribution >= 0.6 is 45.2 Å². The molecule has 1 atom stereocenters. The Kier molecular flexibility index (Phi) is 7.98. The van der Waals surface area contributed by atoms with Crippen LogP contribution in [0.3, 0.4) is 0 Å². The lowest BCUT2D eigenvalue weighted by Crippen LogP contribution is -2.26. The molecule has 0 spiro atoms. The van der Waals surface area contributed by atoms with Crippen molar-refractivity contribution in [3.8, 4) is 5.75 Å². The minimum atomic E-state index is -0.0305. The number of furan rings is 1. The van der Waals surface area contributed by atoms with Gasteiger partial charge in [0.1, 0.15) is 23.2 Å². The number of rotatable bonds is 9. The molecule has 0 saturated carbocycles. The second-order valence-electron chi connectivity index (χ2n) is 6.98. The van der Waals surface area contributed by atoms with Gasteiger partial charge in [-0.15, -0.1) is 0 Å². The number of para-hydroxylation sites is 1. The second kappa shape index (κ2) is 10.3. The molecule has 0 amide bonds. The number of carbonyl (C=O) groups excluding carboxylic acids is 1. The molecule has 1 aromatic heterocycles. The lowest BCUT2D eigenvalue weighted by atomic mass is 9.98. The molecule has 3 aromatic rings. The molecule has 154 valence electrons. The van der Waals surface area contributed by atoms with Gasteiger partial charge in [-0.1, -0.05) is 38.5 Å². The molecule has 0 radical (unpaired) electrons. The fraction of sp³-hybridized carbons (Fsp3) is 0.348. The lowest BCUT2D eigenvalue weighted by molar-refractivity contribution is 0.103. The summed E-state index contributed by atoms with van der Waals surface area (Å²) in [5.41, 5.74) is 7.88. The second-order valence-corrected chi connectivity index (χ2v) is 9.31. The van der Waals surface area contributed by atoms with Crippen molar-refractivity contribution in [3.63, 3.8) is 0 Å². The highest BCUT2D eigenvalue weighted by Crippen LogP contribution is 2.34. The van der Waals surface area contributed by atoms with Crippen molar-refractivity contribution < 1.29 is 13.9 Å². The average molecular weight is 617 g/mol. The number of nitrogens with two attached hydrogens (primary N) is 1. The van der Waals surface area contributed by atoms with E-state index in [2.05, 4.69) is 59.0 Å². The number of benzene rings is 2. The van der Waals surface area contributed by atoms with Crippen LogP contribution in [0.25, 0.3) is 11.0 Å². The fourth-order valence-electron chi connectivity index (χ4n) is 3.27. The Balaban J connectivity index is 2.03. The predicted octanol–water partition coefficient (Wildman–Crippen LogP) is 6.33. The number of halogens is 2. The Bertz CT molecular complexity index is 986. The number of hydrogen-bond donors (Lipinski definition) is 1. The highest BCUT2D eigenvalue weighted by molar-refractivity contribution is 14.1. The van der Waals surface area contributed by atoms with E-state index in [9.17, 15) is 4.79 Å². The van der Waals surface area contributed by atoms with E-state index in [1.54, 1.807) is 0 Å². The molecule has 0 aliphatic carbocycles. The number of ether oxygens (including phenoxy) is 1. The minimum absolute atomic E-state index is 0.00528. The summed E-state index contributed by atoms with van der Waals surface area (Å²) in [5, 5.41) is 0.878. The van der Waals surface area contributed by atoms with Crippen molar-refractivity contribution in [2.75, 3.05) is 6.54 Å². The largest absolute Gasteiger partial charge is 0.487 e. The molecule has 3 rings (SSSR count). The van der Waals surface area contributed by atoms with Gasteiger partial charge in [-0.05, 0) is 76.2 Å². The first-order chi connectivity index (χ1) is 14.0. The van der Waals surface area contributed by atoms with E-state index in [1.807, 2.05) is 36.4 Å². The molecule has 1 unspecified atom stereocenters. The van der Waals surface area contributed by atoms with Gasteiger partial charge in [0.15, 0.2) is 5.78 Å². The highest BCUT2D eigenvalue weighted by atomic mass is 127. The first kappa shape index (κ1) is 22.6. The molecule has 0 aliphatic rings. The van der Waals surface area contributed by atoms with E-state index < -0.39 is 0 Å². The van der Waals surface area contributed by atoms with Crippen LogP contribution in [0, 0.1) is 7.14 Å². The smallest absolute Gasteiger partial charge is 0.197 e. The number of carbonyl (C=O) groups is 1. The van der Waals surface area contributed by atoms with Gasteiger partial charge in [-0.25, -0.2) is 0 Å². The predicted molar refractivity (Wildman–Crippen MR) is 134 cm³/mol. The monoisotopic (exact) mass is 617 g/mol.